The van der Waals surface area contributed by atoms with E-state index in [0.717, 1.165) is 21.2 Å². The Kier molecular flexibility index (Phi) is 3.71. The summed E-state index contributed by atoms with van der Waals surface area (Å²) < 4.78 is 0. The van der Waals surface area contributed by atoms with E-state index in [9.17, 15) is 4.79 Å². The second kappa shape index (κ2) is 5.25. The number of benzene rings is 1. The zero-order chi connectivity index (χ0) is 12.3. The summed E-state index contributed by atoms with van der Waals surface area (Å²) >= 11 is 2.96. The normalized spacial score (nSPS) is 10.4. The van der Waals surface area contributed by atoms with E-state index < -0.39 is 5.97 Å². The number of thiophene rings is 1. The minimum Gasteiger partial charge on any atom is -0.477 e. The minimum absolute atomic E-state index is 0.383. The first-order valence-corrected chi connectivity index (χ1v) is 6.76. The molecule has 0 aliphatic carbocycles. The number of carbonyl (C=O) groups is 1. The van der Waals surface area contributed by atoms with Crippen molar-refractivity contribution in [3.8, 4) is 0 Å². The van der Waals surface area contributed by atoms with Crippen molar-refractivity contribution in [3.63, 3.8) is 0 Å². The van der Waals surface area contributed by atoms with Gasteiger partial charge in [-0.15, -0.1) is 23.1 Å². The number of hydrogen-bond donors (Lipinski definition) is 2. The molecule has 0 fully saturated rings. The number of rotatable bonds is 4. The smallest absolute Gasteiger partial charge is 0.345 e. The van der Waals surface area contributed by atoms with E-state index in [2.05, 4.69) is 0 Å². The van der Waals surface area contributed by atoms with Crippen LogP contribution in [0.3, 0.4) is 0 Å². The Morgan fingerprint density at radius 1 is 1.35 bits per heavy atom. The Labute approximate surface area is 107 Å². The van der Waals surface area contributed by atoms with Crippen LogP contribution in [0.25, 0.3) is 0 Å². The highest BCUT2D eigenvalue weighted by atomic mass is 32.2. The van der Waals surface area contributed by atoms with E-state index in [4.69, 9.17) is 10.8 Å². The van der Waals surface area contributed by atoms with Gasteiger partial charge in [0, 0.05) is 21.2 Å². The van der Waals surface area contributed by atoms with Gasteiger partial charge >= 0.3 is 5.97 Å². The molecule has 2 rings (SSSR count). The Hall–Kier alpha value is -1.46. The Morgan fingerprint density at radius 3 is 2.82 bits per heavy atom. The van der Waals surface area contributed by atoms with E-state index >= 15 is 0 Å². The minimum atomic E-state index is -0.866. The maximum atomic E-state index is 10.7. The van der Waals surface area contributed by atoms with Crippen molar-refractivity contribution in [1.29, 1.82) is 0 Å². The first-order chi connectivity index (χ1) is 8.15. The van der Waals surface area contributed by atoms with Crippen LogP contribution in [-0.4, -0.2) is 11.1 Å². The van der Waals surface area contributed by atoms with E-state index in [-0.39, 0.29) is 0 Å². The fourth-order valence-electron chi connectivity index (χ4n) is 1.33. The van der Waals surface area contributed by atoms with Gasteiger partial charge in [-0.05, 0) is 30.3 Å². The summed E-state index contributed by atoms with van der Waals surface area (Å²) in [6.45, 7) is 0. The summed E-state index contributed by atoms with van der Waals surface area (Å²) in [6.07, 6.45) is 0. The highest BCUT2D eigenvalue weighted by molar-refractivity contribution is 7.98. The molecule has 2 aromatic rings. The molecule has 1 heterocycles. The van der Waals surface area contributed by atoms with E-state index in [1.165, 1.54) is 11.3 Å². The van der Waals surface area contributed by atoms with Crippen LogP contribution in [0.4, 0.5) is 5.69 Å². The molecule has 0 unspecified atom stereocenters. The van der Waals surface area contributed by atoms with Crippen molar-refractivity contribution >= 4 is 34.8 Å². The predicted octanol–water partition coefficient (Wildman–Crippen LogP) is 3.32. The molecule has 0 amide bonds. The molecule has 0 spiro atoms. The standard InChI is InChI=1S/C12H11NO2S2/c13-8-2-1-3-9(6-8)16-7-10-4-5-11(17-10)12(14)15/h1-6H,7,13H2,(H,14,15). The Morgan fingerprint density at radius 2 is 2.18 bits per heavy atom. The molecular formula is C12H11NO2S2. The summed E-state index contributed by atoms with van der Waals surface area (Å²) in [5, 5.41) is 8.81. The molecule has 5 heteroatoms. The van der Waals surface area contributed by atoms with Gasteiger partial charge in [0.2, 0.25) is 0 Å². The third-order valence-electron chi connectivity index (χ3n) is 2.11. The first-order valence-electron chi connectivity index (χ1n) is 4.95. The number of carboxylic acids is 1. The van der Waals surface area contributed by atoms with Crippen molar-refractivity contribution in [3.05, 3.63) is 46.2 Å². The van der Waals surface area contributed by atoms with E-state index in [1.807, 2.05) is 30.3 Å². The second-order valence-electron chi connectivity index (χ2n) is 3.43. The summed E-state index contributed by atoms with van der Waals surface area (Å²) in [5.41, 5.74) is 6.43. The molecular weight excluding hydrogens is 254 g/mol. The quantitative estimate of drug-likeness (QED) is 0.657. The summed E-state index contributed by atoms with van der Waals surface area (Å²) in [5.74, 6) is -0.100. The molecule has 3 N–H and O–H groups in total. The molecule has 1 aromatic carbocycles. The number of nitrogens with two attached hydrogens (primary N) is 1. The van der Waals surface area contributed by atoms with Gasteiger partial charge in [0.25, 0.3) is 0 Å². The van der Waals surface area contributed by atoms with E-state index in [1.54, 1.807) is 17.8 Å². The van der Waals surface area contributed by atoms with Gasteiger partial charge in [-0.1, -0.05) is 6.07 Å². The predicted molar refractivity (Wildman–Crippen MR) is 71.7 cm³/mol. The fraction of sp³-hybridized carbons (Fsp3) is 0.0833. The van der Waals surface area contributed by atoms with Gasteiger partial charge in [0.15, 0.2) is 0 Å². The number of anilines is 1. The average Bonchev–Trinajstić information content (AvgIpc) is 2.75. The number of hydrogen-bond acceptors (Lipinski definition) is 4. The molecule has 17 heavy (non-hydrogen) atoms. The lowest BCUT2D eigenvalue weighted by molar-refractivity contribution is 0.0702. The molecule has 0 saturated heterocycles. The van der Waals surface area contributed by atoms with Crippen molar-refractivity contribution in [1.82, 2.24) is 0 Å². The van der Waals surface area contributed by atoms with Crippen molar-refractivity contribution in [2.24, 2.45) is 0 Å². The lowest BCUT2D eigenvalue weighted by Crippen LogP contribution is -1.89. The van der Waals surface area contributed by atoms with Gasteiger partial charge in [-0.2, -0.15) is 0 Å². The Bertz CT molecular complexity index is 537. The molecule has 0 atom stereocenters. The monoisotopic (exact) mass is 265 g/mol. The third-order valence-corrected chi connectivity index (χ3v) is 4.41. The number of carboxylic acid groups (broad SMARTS) is 1. The Balaban J connectivity index is 2.00. The first kappa shape index (κ1) is 12.0. The fourth-order valence-corrected chi connectivity index (χ4v) is 3.18. The summed E-state index contributed by atoms with van der Waals surface area (Å²) in [6, 6.07) is 11.2. The lowest BCUT2D eigenvalue weighted by atomic mass is 10.3. The van der Waals surface area contributed by atoms with Crippen LogP contribution >= 0.6 is 23.1 Å². The SMILES string of the molecule is Nc1cccc(SCc2ccc(C(=O)O)s2)c1. The lowest BCUT2D eigenvalue weighted by Gasteiger charge is -2.00. The van der Waals surface area contributed by atoms with Gasteiger partial charge in [0.05, 0.1) is 0 Å². The van der Waals surface area contributed by atoms with E-state index in [0.29, 0.717) is 4.88 Å². The van der Waals surface area contributed by atoms with Crippen molar-refractivity contribution < 1.29 is 9.90 Å². The van der Waals surface area contributed by atoms with Crippen molar-refractivity contribution in [2.45, 2.75) is 10.6 Å². The van der Waals surface area contributed by atoms with Crippen LogP contribution in [0.1, 0.15) is 14.5 Å². The van der Waals surface area contributed by atoms with Crippen LogP contribution in [-0.2, 0) is 5.75 Å². The zero-order valence-electron chi connectivity index (χ0n) is 8.92. The van der Waals surface area contributed by atoms with Crippen LogP contribution in [0.15, 0.2) is 41.3 Å². The molecule has 0 bridgehead atoms. The van der Waals surface area contributed by atoms with Crippen LogP contribution < -0.4 is 5.73 Å². The van der Waals surface area contributed by atoms with Gasteiger partial charge < -0.3 is 10.8 Å². The number of aromatic carboxylic acids is 1. The van der Waals surface area contributed by atoms with Crippen molar-refractivity contribution in [2.75, 3.05) is 5.73 Å². The van der Waals surface area contributed by atoms with Gasteiger partial charge in [-0.3, -0.25) is 0 Å². The average molecular weight is 265 g/mol. The molecule has 0 aliphatic rings. The zero-order valence-corrected chi connectivity index (χ0v) is 10.6. The van der Waals surface area contributed by atoms with Gasteiger partial charge in [0.1, 0.15) is 4.88 Å². The molecule has 0 radical (unpaired) electrons. The topological polar surface area (TPSA) is 63.3 Å². The molecule has 0 aliphatic heterocycles. The second-order valence-corrected chi connectivity index (χ2v) is 5.65. The molecule has 88 valence electrons. The maximum absolute atomic E-state index is 10.7. The molecule has 3 nitrogen and oxygen atoms in total. The highest BCUT2D eigenvalue weighted by Crippen LogP contribution is 2.27. The molecule has 1 aromatic heterocycles. The number of nitrogen functional groups attached to an aromatic ring is 1. The van der Waals surface area contributed by atoms with Crippen LogP contribution in [0, 0.1) is 0 Å². The third kappa shape index (κ3) is 3.25. The van der Waals surface area contributed by atoms with Crippen LogP contribution in [0.2, 0.25) is 0 Å². The maximum Gasteiger partial charge on any atom is 0.345 e. The molecule has 0 saturated carbocycles. The largest absolute Gasteiger partial charge is 0.477 e. The van der Waals surface area contributed by atoms with Gasteiger partial charge in [-0.25, -0.2) is 4.79 Å². The van der Waals surface area contributed by atoms with Crippen LogP contribution in [0.5, 0.6) is 0 Å². The summed E-state index contributed by atoms with van der Waals surface area (Å²) in [4.78, 5) is 13.2. The highest BCUT2D eigenvalue weighted by Gasteiger charge is 2.07. The number of thioether (sulfide) groups is 1. The summed E-state index contributed by atoms with van der Waals surface area (Å²) in [7, 11) is 0.